The lowest BCUT2D eigenvalue weighted by atomic mass is 9.94. The Morgan fingerprint density at radius 1 is 1.24 bits per heavy atom. The van der Waals surface area contributed by atoms with Gasteiger partial charge in [0.1, 0.15) is 0 Å². The normalized spacial score (nSPS) is 20.8. The molecule has 0 unspecified atom stereocenters. The van der Waals surface area contributed by atoms with Crippen molar-refractivity contribution in [3.8, 4) is 0 Å². The number of aliphatic imine (C=N–C) groups is 1. The van der Waals surface area contributed by atoms with Crippen LogP contribution < -0.4 is 5.32 Å². The molecule has 0 saturated carbocycles. The number of fused-ring (bicyclic) bond motifs is 1. The van der Waals surface area contributed by atoms with Gasteiger partial charge in [0.15, 0.2) is 5.17 Å². The van der Waals surface area contributed by atoms with Crippen LogP contribution in [-0.4, -0.2) is 73.3 Å². The van der Waals surface area contributed by atoms with E-state index in [2.05, 4.69) is 15.2 Å². The summed E-state index contributed by atoms with van der Waals surface area (Å²) in [7, 11) is 1.38. The molecule has 0 aliphatic carbocycles. The lowest BCUT2D eigenvalue weighted by Crippen LogP contribution is -2.39. The van der Waals surface area contributed by atoms with Crippen LogP contribution >= 0.6 is 11.8 Å². The highest BCUT2D eigenvalue weighted by Crippen LogP contribution is 2.44. The Morgan fingerprint density at radius 2 is 2.00 bits per heavy atom. The number of amides is 1. The van der Waals surface area contributed by atoms with Crippen LogP contribution in [0.5, 0.6) is 0 Å². The lowest BCUT2D eigenvalue weighted by Gasteiger charge is -2.36. The first-order chi connectivity index (χ1) is 16.1. The van der Waals surface area contributed by atoms with Gasteiger partial charge in [0.2, 0.25) is 5.91 Å². The Balaban J connectivity index is 1.43. The van der Waals surface area contributed by atoms with Gasteiger partial charge in [-0.3, -0.25) is 9.69 Å². The molecular weight excluding hydrogens is 440 g/mol. The smallest absolute Gasteiger partial charge is 0.338 e. The second kappa shape index (κ2) is 11.0. The number of rotatable bonds is 8. The number of allylic oxidation sites excluding steroid dienone is 1. The molecule has 9 heteroatoms. The highest BCUT2D eigenvalue weighted by Gasteiger charge is 2.40. The van der Waals surface area contributed by atoms with Crippen LogP contribution in [0.2, 0.25) is 0 Å². The van der Waals surface area contributed by atoms with Gasteiger partial charge in [0.05, 0.1) is 44.1 Å². The molecule has 1 amide bonds. The largest absolute Gasteiger partial charge is 0.466 e. The molecule has 1 saturated heterocycles. The van der Waals surface area contributed by atoms with E-state index in [9.17, 15) is 9.59 Å². The number of hydrogen-bond donors (Lipinski definition) is 1. The Kier molecular flexibility index (Phi) is 7.85. The molecule has 3 aliphatic rings. The number of benzene rings is 1. The predicted molar refractivity (Wildman–Crippen MR) is 128 cm³/mol. The Hall–Kier alpha value is -2.62. The number of methoxy groups -OCH3 is 1. The van der Waals surface area contributed by atoms with Crippen LogP contribution in [-0.2, 0) is 19.1 Å². The van der Waals surface area contributed by atoms with Gasteiger partial charge in [-0.15, -0.1) is 0 Å². The standard InChI is InChI=1S/C24H30N4O4S/c1-17-21(23(30)31-2)22(18-7-4-3-5-8-18)28-19(16-33-24(28)26-17)15-20(29)25-9-6-10-27-11-13-32-14-12-27/h3-5,7-8,16,22H,6,9-15H2,1-2H3,(H,25,29)/t22-/m0/s1. The zero-order valence-electron chi connectivity index (χ0n) is 19.1. The van der Waals surface area contributed by atoms with Gasteiger partial charge >= 0.3 is 5.97 Å². The van der Waals surface area contributed by atoms with Crippen LogP contribution in [0.1, 0.15) is 31.4 Å². The summed E-state index contributed by atoms with van der Waals surface area (Å²) < 4.78 is 10.5. The number of morpholine rings is 1. The first-order valence-corrected chi connectivity index (χ1v) is 12.1. The van der Waals surface area contributed by atoms with Crippen LogP contribution in [0.3, 0.4) is 0 Å². The molecule has 1 N–H and O–H groups in total. The van der Waals surface area contributed by atoms with Crippen molar-refractivity contribution in [2.45, 2.75) is 25.8 Å². The van der Waals surface area contributed by atoms with E-state index in [-0.39, 0.29) is 18.4 Å². The van der Waals surface area contributed by atoms with E-state index in [0.717, 1.165) is 55.7 Å². The van der Waals surface area contributed by atoms with Crippen molar-refractivity contribution < 1.29 is 19.1 Å². The molecule has 8 nitrogen and oxygen atoms in total. The topological polar surface area (TPSA) is 83.5 Å². The second-order valence-electron chi connectivity index (χ2n) is 8.13. The van der Waals surface area contributed by atoms with E-state index in [1.165, 1.54) is 18.9 Å². The third-order valence-electron chi connectivity index (χ3n) is 5.94. The quantitative estimate of drug-likeness (QED) is 0.462. The molecule has 3 aliphatic heterocycles. The van der Waals surface area contributed by atoms with Crippen LogP contribution in [0, 0.1) is 0 Å². The molecular formula is C24H30N4O4S. The highest BCUT2D eigenvalue weighted by atomic mass is 32.2. The number of nitrogens with zero attached hydrogens (tertiary/aromatic N) is 3. The molecule has 176 valence electrons. The summed E-state index contributed by atoms with van der Waals surface area (Å²) in [5.41, 5.74) is 2.90. The summed E-state index contributed by atoms with van der Waals surface area (Å²) in [6, 6.07) is 9.40. The van der Waals surface area contributed by atoms with E-state index >= 15 is 0 Å². The fourth-order valence-corrected chi connectivity index (χ4v) is 5.24. The molecule has 1 atom stereocenters. The Morgan fingerprint density at radius 3 is 2.73 bits per heavy atom. The molecule has 0 spiro atoms. The summed E-state index contributed by atoms with van der Waals surface area (Å²) in [5, 5.41) is 5.76. The van der Waals surface area contributed by atoms with Gasteiger partial charge in [0.25, 0.3) is 0 Å². The summed E-state index contributed by atoms with van der Waals surface area (Å²) >= 11 is 1.48. The summed E-state index contributed by atoms with van der Waals surface area (Å²) in [5.74, 6) is -0.448. The van der Waals surface area contributed by atoms with Gasteiger partial charge in [-0.05, 0) is 30.9 Å². The summed E-state index contributed by atoms with van der Waals surface area (Å²) in [6.07, 6.45) is 1.12. The van der Waals surface area contributed by atoms with Crippen LogP contribution in [0.15, 0.2) is 57.7 Å². The average Bonchev–Trinajstić information content (AvgIpc) is 3.23. The number of hydrogen-bond acceptors (Lipinski definition) is 8. The second-order valence-corrected chi connectivity index (χ2v) is 8.97. The first-order valence-electron chi connectivity index (χ1n) is 11.2. The van der Waals surface area contributed by atoms with Crippen molar-refractivity contribution in [3.05, 3.63) is 58.3 Å². The predicted octanol–water partition coefficient (Wildman–Crippen LogP) is 2.66. The van der Waals surface area contributed by atoms with Gasteiger partial charge < -0.3 is 19.7 Å². The summed E-state index contributed by atoms with van der Waals surface area (Å²) in [6.45, 7) is 6.87. The number of carbonyl (C=O) groups is 2. The molecule has 1 aromatic carbocycles. The molecule has 33 heavy (non-hydrogen) atoms. The first kappa shape index (κ1) is 23.5. The van der Waals surface area contributed by atoms with E-state index in [0.29, 0.717) is 17.8 Å². The van der Waals surface area contributed by atoms with E-state index in [1.807, 2.05) is 47.6 Å². The fourth-order valence-electron chi connectivity index (χ4n) is 4.27. The number of ether oxygens (including phenoxy) is 2. The van der Waals surface area contributed by atoms with Gasteiger partial charge in [0, 0.05) is 25.3 Å². The van der Waals surface area contributed by atoms with Crippen molar-refractivity contribution in [3.63, 3.8) is 0 Å². The molecule has 0 bridgehead atoms. The number of thioether (sulfide) groups is 1. The van der Waals surface area contributed by atoms with E-state index < -0.39 is 5.97 Å². The van der Waals surface area contributed by atoms with E-state index in [1.54, 1.807) is 0 Å². The van der Waals surface area contributed by atoms with Crippen molar-refractivity contribution in [2.75, 3.05) is 46.5 Å². The highest BCUT2D eigenvalue weighted by molar-refractivity contribution is 8.16. The lowest BCUT2D eigenvalue weighted by molar-refractivity contribution is -0.136. The zero-order chi connectivity index (χ0) is 23.2. The van der Waals surface area contributed by atoms with Crippen LogP contribution in [0.25, 0.3) is 0 Å². The van der Waals surface area contributed by atoms with Crippen molar-refractivity contribution >= 4 is 28.8 Å². The molecule has 0 radical (unpaired) electrons. The number of esters is 1. The SMILES string of the molecule is COC(=O)C1=C(C)N=C2SC=C(CC(=O)NCCCN3CCOCC3)N2[C@H]1c1ccccc1. The molecule has 1 fully saturated rings. The minimum Gasteiger partial charge on any atom is -0.466 e. The average molecular weight is 471 g/mol. The maximum absolute atomic E-state index is 12.7. The minimum absolute atomic E-state index is 0.0391. The third-order valence-corrected chi connectivity index (χ3v) is 6.83. The Labute approximate surface area is 198 Å². The van der Waals surface area contributed by atoms with Crippen molar-refractivity contribution in [1.82, 2.24) is 15.1 Å². The fraction of sp³-hybridized carbons (Fsp3) is 0.458. The maximum Gasteiger partial charge on any atom is 0.338 e. The molecule has 0 aromatic heterocycles. The number of amidine groups is 1. The van der Waals surface area contributed by atoms with Gasteiger partial charge in [-0.25, -0.2) is 9.79 Å². The Bertz CT molecular complexity index is 970. The van der Waals surface area contributed by atoms with Gasteiger partial charge in [-0.1, -0.05) is 42.1 Å². The zero-order valence-corrected chi connectivity index (χ0v) is 19.9. The molecule has 4 rings (SSSR count). The van der Waals surface area contributed by atoms with E-state index in [4.69, 9.17) is 9.47 Å². The number of carbonyl (C=O) groups excluding carboxylic acids is 2. The third kappa shape index (κ3) is 5.48. The minimum atomic E-state index is -0.409. The molecule has 1 aromatic rings. The van der Waals surface area contributed by atoms with Crippen molar-refractivity contribution in [1.29, 1.82) is 0 Å². The summed E-state index contributed by atoms with van der Waals surface area (Å²) in [4.78, 5) is 34.4. The van der Waals surface area contributed by atoms with Crippen molar-refractivity contribution in [2.24, 2.45) is 4.99 Å². The maximum atomic E-state index is 12.7. The monoisotopic (exact) mass is 470 g/mol. The van der Waals surface area contributed by atoms with Gasteiger partial charge in [-0.2, -0.15) is 0 Å². The van der Waals surface area contributed by atoms with Crippen LogP contribution in [0.4, 0.5) is 0 Å². The molecule has 3 heterocycles. The number of nitrogens with one attached hydrogen (secondary N) is 1.